The monoisotopic (exact) mass is 239 g/mol. The molecule has 17 heavy (non-hydrogen) atoms. The minimum absolute atomic E-state index is 0.114. The van der Waals surface area contributed by atoms with E-state index in [0.717, 1.165) is 22.2 Å². The highest BCUT2D eigenvalue weighted by Gasteiger charge is 2.41. The van der Waals surface area contributed by atoms with Gasteiger partial charge in [0.1, 0.15) is 0 Å². The van der Waals surface area contributed by atoms with Gasteiger partial charge in [-0.25, -0.2) is 0 Å². The summed E-state index contributed by atoms with van der Waals surface area (Å²) in [5.74, 6) is -1.19. The van der Waals surface area contributed by atoms with Crippen molar-refractivity contribution in [2.24, 2.45) is 5.92 Å². The third kappa shape index (κ3) is 1.72. The SMILES string of the molecule is FC(F)(F)C1CCc2[nH]c3ccccc3c2C1. The standard InChI is InChI=1S/C13H12F3N/c14-13(15,16)8-5-6-12-10(7-8)9-3-1-2-4-11(9)17-12/h1-4,8,17H,5-7H2. The first kappa shape index (κ1) is 10.7. The first-order valence-electron chi connectivity index (χ1n) is 5.71. The number of para-hydroxylation sites is 1. The summed E-state index contributed by atoms with van der Waals surface area (Å²) in [6.07, 6.45) is -3.27. The molecule has 4 heteroatoms. The lowest BCUT2D eigenvalue weighted by Crippen LogP contribution is -2.28. The van der Waals surface area contributed by atoms with Crippen molar-refractivity contribution in [2.45, 2.75) is 25.4 Å². The highest BCUT2D eigenvalue weighted by Crippen LogP contribution is 2.39. The van der Waals surface area contributed by atoms with Crippen LogP contribution in [0.4, 0.5) is 13.2 Å². The van der Waals surface area contributed by atoms with Crippen LogP contribution in [0.2, 0.25) is 0 Å². The van der Waals surface area contributed by atoms with Gasteiger partial charge in [-0.2, -0.15) is 13.2 Å². The van der Waals surface area contributed by atoms with Gasteiger partial charge in [0, 0.05) is 16.6 Å². The van der Waals surface area contributed by atoms with Crippen LogP contribution >= 0.6 is 0 Å². The van der Waals surface area contributed by atoms with Crippen LogP contribution in [0.5, 0.6) is 0 Å². The Bertz CT molecular complexity index is 553. The van der Waals surface area contributed by atoms with Crippen molar-refractivity contribution in [1.82, 2.24) is 4.98 Å². The Balaban J connectivity index is 2.06. The van der Waals surface area contributed by atoms with Crippen molar-refractivity contribution < 1.29 is 13.2 Å². The van der Waals surface area contributed by atoms with E-state index in [2.05, 4.69) is 4.98 Å². The van der Waals surface area contributed by atoms with E-state index in [-0.39, 0.29) is 12.8 Å². The number of hydrogen-bond donors (Lipinski definition) is 1. The van der Waals surface area contributed by atoms with Gasteiger partial charge in [-0.15, -0.1) is 0 Å². The number of aromatic nitrogens is 1. The fourth-order valence-corrected chi connectivity index (χ4v) is 2.65. The second kappa shape index (κ2) is 3.52. The minimum Gasteiger partial charge on any atom is -0.358 e. The molecule has 0 spiro atoms. The zero-order valence-electron chi connectivity index (χ0n) is 9.14. The van der Waals surface area contributed by atoms with E-state index in [9.17, 15) is 13.2 Å². The maximum Gasteiger partial charge on any atom is 0.392 e. The largest absolute Gasteiger partial charge is 0.392 e. The molecule has 3 rings (SSSR count). The van der Waals surface area contributed by atoms with Crippen LogP contribution < -0.4 is 0 Å². The van der Waals surface area contributed by atoms with Gasteiger partial charge < -0.3 is 4.98 Å². The number of rotatable bonds is 0. The van der Waals surface area contributed by atoms with E-state index in [0.29, 0.717) is 6.42 Å². The van der Waals surface area contributed by atoms with Gasteiger partial charge in [-0.3, -0.25) is 0 Å². The van der Waals surface area contributed by atoms with Crippen LogP contribution in [0.15, 0.2) is 24.3 Å². The molecule has 0 fully saturated rings. The molecule has 2 aromatic rings. The lowest BCUT2D eigenvalue weighted by molar-refractivity contribution is -0.177. The van der Waals surface area contributed by atoms with Crippen LogP contribution in [0, 0.1) is 5.92 Å². The lowest BCUT2D eigenvalue weighted by Gasteiger charge is -2.24. The molecule has 0 saturated carbocycles. The Morgan fingerprint density at radius 1 is 1.18 bits per heavy atom. The maximum absolute atomic E-state index is 12.7. The van der Waals surface area contributed by atoms with Gasteiger partial charge in [0.15, 0.2) is 0 Å². The first-order valence-corrected chi connectivity index (χ1v) is 5.71. The van der Waals surface area contributed by atoms with Crippen molar-refractivity contribution in [1.29, 1.82) is 0 Å². The number of alkyl halides is 3. The number of halogens is 3. The average Bonchev–Trinajstić information content (AvgIpc) is 2.65. The quantitative estimate of drug-likeness (QED) is 0.719. The van der Waals surface area contributed by atoms with E-state index in [1.807, 2.05) is 24.3 Å². The number of H-pyrrole nitrogens is 1. The van der Waals surface area contributed by atoms with E-state index < -0.39 is 12.1 Å². The predicted octanol–water partition coefficient (Wildman–Crippen LogP) is 3.84. The summed E-state index contributed by atoms with van der Waals surface area (Å²) in [6.45, 7) is 0. The van der Waals surface area contributed by atoms with Crippen molar-refractivity contribution in [3.63, 3.8) is 0 Å². The molecule has 1 unspecified atom stereocenters. The van der Waals surface area contributed by atoms with E-state index in [1.165, 1.54) is 0 Å². The van der Waals surface area contributed by atoms with Crippen LogP contribution in [0.3, 0.4) is 0 Å². The van der Waals surface area contributed by atoms with Crippen molar-refractivity contribution in [2.75, 3.05) is 0 Å². The smallest absolute Gasteiger partial charge is 0.358 e. The second-order valence-electron chi connectivity index (χ2n) is 4.61. The summed E-state index contributed by atoms with van der Waals surface area (Å²) in [5.41, 5.74) is 2.78. The van der Waals surface area contributed by atoms with Crippen LogP contribution in [-0.4, -0.2) is 11.2 Å². The number of fused-ring (bicyclic) bond motifs is 3. The fourth-order valence-electron chi connectivity index (χ4n) is 2.65. The number of hydrogen-bond acceptors (Lipinski definition) is 0. The third-order valence-electron chi connectivity index (χ3n) is 3.56. The Labute approximate surface area is 96.6 Å². The molecular weight excluding hydrogens is 227 g/mol. The molecule has 0 saturated heterocycles. The highest BCUT2D eigenvalue weighted by molar-refractivity contribution is 5.84. The van der Waals surface area contributed by atoms with Gasteiger partial charge in [-0.05, 0) is 30.9 Å². The van der Waals surface area contributed by atoms with Crippen LogP contribution in [-0.2, 0) is 12.8 Å². The highest BCUT2D eigenvalue weighted by atomic mass is 19.4. The lowest BCUT2D eigenvalue weighted by atomic mass is 9.86. The summed E-state index contributed by atoms with van der Waals surface area (Å²) >= 11 is 0. The Hall–Kier alpha value is -1.45. The predicted molar refractivity (Wildman–Crippen MR) is 59.9 cm³/mol. The maximum atomic E-state index is 12.7. The van der Waals surface area contributed by atoms with Gasteiger partial charge in [0.2, 0.25) is 0 Å². The molecule has 1 aromatic carbocycles. The second-order valence-corrected chi connectivity index (χ2v) is 4.61. The summed E-state index contributed by atoms with van der Waals surface area (Å²) in [5, 5.41) is 0.941. The van der Waals surface area contributed by atoms with Crippen LogP contribution in [0.25, 0.3) is 10.9 Å². The van der Waals surface area contributed by atoms with Crippen LogP contribution in [0.1, 0.15) is 17.7 Å². The summed E-state index contributed by atoms with van der Waals surface area (Å²) < 4.78 is 38.2. The molecule has 0 radical (unpaired) electrons. The Morgan fingerprint density at radius 2 is 1.94 bits per heavy atom. The van der Waals surface area contributed by atoms with E-state index in [4.69, 9.17) is 0 Å². The van der Waals surface area contributed by atoms with Gasteiger partial charge in [0.05, 0.1) is 5.92 Å². The molecular formula is C13H12F3N. The van der Waals surface area contributed by atoms with Crippen molar-refractivity contribution in [3.8, 4) is 0 Å². The Morgan fingerprint density at radius 3 is 2.71 bits per heavy atom. The van der Waals surface area contributed by atoms with Crippen molar-refractivity contribution in [3.05, 3.63) is 35.5 Å². The van der Waals surface area contributed by atoms with E-state index in [1.54, 1.807) is 0 Å². The molecule has 0 aliphatic heterocycles. The first-order chi connectivity index (χ1) is 8.05. The summed E-state index contributed by atoms with van der Waals surface area (Å²) in [4.78, 5) is 3.22. The van der Waals surface area contributed by atoms with Gasteiger partial charge >= 0.3 is 6.18 Å². The normalized spacial score (nSPS) is 20.5. The average molecular weight is 239 g/mol. The zero-order valence-corrected chi connectivity index (χ0v) is 9.14. The van der Waals surface area contributed by atoms with Gasteiger partial charge in [0.25, 0.3) is 0 Å². The molecule has 90 valence electrons. The molecule has 0 amide bonds. The number of benzene rings is 1. The minimum atomic E-state index is -4.07. The molecule has 1 heterocycles. The summed E-state index contributed by atoms with van der Waals surface area (Å²) in [6, 6.07) is 7.57. The zero-order chi connectivity index (χ0) is 12.0. The molecule has 0 bridgehead atoms. The van der Waals surface area contributed by atoms with Gasteiger partial charge in [-0.1, -0.05) is 18.2 Å². The summed E-state index contributed by atoms with van der Waals surface area (Å²) in [7, 11) is 0. The topological polar surface area (TPSA) is 15.8 Å². The molecule has 1 atom stereocenters. The molecule has 1 aromatic heterocycles. The number of aryl methyl sites for hydroxylation is 1. The Kier molecular flexibility index (Phi) is 2.21. The third-order valence-corrected chi connectivity index (χ3v) is 3.56. The molecule has 1 aliphatic rings. The number of aromatic amines is 1. The fraction of sp³-hybridized carbons (Fsp3) is 0.385. The molecule has 1 nitrogen and oxygen atoms in total. The molecule has 1 N–H and O–H groups in total. The van der Waals surface area contributed by atoms with Crippen molar-refractivity contribution >= 4 is 10.9 Å². The van der Waals surface area contributed by atoms with E-state index >= 15 is 0 Å². The molecule has 1 aliphatic carbocycles. The number of nitrogens with one attached hydrogen (secondary N) is 1.